The number of hydrogen-bond acceptors (Lipinski definition) is 2. The maximum absolute atomic E-state index is 2.61. The van der Waals surface area contributed by atoms with E-state index in [1.54, 1.807) is 0 Å². The zero-order chi connectivity index (χ0) is 47.9. The highest BCUT2D eigenvalue weighted by Gasteiger charge is 2.29. The Morgan fingerprint density at radius 1 is 0.309 bits per heavy atom. The van der Waals surface area contributed by atoms with Gasteiger partial charge in [0.25, 0.3) is 0 Å². The third kappa shape index (κ3) is 7.42. The minimum atomic E-state index is -0.00485. The Morgan fingerprint density at radius 2 is 0.662 bits per heavy atom. The molecule has 0 bridgehead atoms. The van der Waals surface area contributed by atoms with E-state index in [9.17, 15) is 0 Å². The SMILES string of the molecule is Cc1ccc(-c2c(C)cccc2C)cc1N(c1c(C)cccc1C)c1cc(N(c2cc(-c3c(C)cccc3C)ccc2C)c2c(C)cccc2C)c2ccc3cc(C(C)(C)C)cc4ccc1c2c43. The van der Waals surface area contributed by atoms with Crippen molar-refractivity contribution in [3.8, 4) is 22.3 Å². The van der Waals surface area contributed by atoms with Gasteiger partial charge in [-0.2, -0.15) is 0 Å². The zero-order valence-corrected chi connectivity index (χ0v) is 42.3. The summed E-state index contributed by atoms with van der Waals surface area (Å²) in [5.41, 5.74) is 25.9. The van der Waals surface area contributed by atoms with Crippen molar-refractivity contribution in [3.05, 3.63) is 213 Å². The lowest BCUT2D eigenvalue weighted by Crippen LogP contribution is -2.18. The van der Waals surface area contributed by atoms with Gasteiger partial charge in [0.05, 0.1) is 22.7 Å². The summed E-state index contributed by atoms with van der Waals surface area (Å²) >= 11 is 0. The van der Waals surface area contributed by atoms with Crippen LogP contribution in [0.4, 0.5) is 34.1 Å². The second-order valence-corrected chi connectivity index (χ2v) is 20.8. The molecule has 10 rings (SSSR count). The van der Waals surface area contributed by atoms with Crippen molar-refractivity contribution >= 4 is 66.4 Å². The maximum atomic E-state index is 2.61. The fourth-order valence-corrected chi connectivity index (χ4v) is 11.3. The smallest absolute Gasteiger partial charge is 0.0561 e. The molecule has 0 amide bonds. The molecule has 0 aromatic heterocycles. The Hall–Kier alpha value is -7.16. The highest BCUT2D eigenvalue weighted by molar-refractivity contribution is 6.29. The summed E-state index contributed by atoms with van der Waals surface area (Å²) in [5.74, 6) is 0. The molecule has 2 heteroatoms. The van der Waals surface area contributed by atoms with Gasteiger partial charge in [-0.05, 0) is 192 Å². The quantitative estimate of drug-likeness (QED) is 0.140. The molecular formula is C66H64N2. The van der Waals surface area contributed by atoms with Crippen LogP contribution in [0.2, 0.25) is 0 Å². The molecule has 68 heavy (non-hydrogen) atoms. The highest BCUT2D eigenvalue weighted by Crippen LogP contribution is 2.53. The van der Waals surface area contributed by atoms with Crippen LogP contribution in [0, 0.1) is 69.2 Å². The van der Waals surface area contributed by atoms with Crippen molar-refractivity contribution in [3.63, 3.8) is 0 Å². The van der Waals surface area contributed by atoms with Crippen LogP contribution in [0.15, 0.2) is 152 Å². The Balaban J connectivity index is 1.40. The number of aryl methyl sites for hydroxylation is 10. The van der Waals surface area contributed by atoms with Crippen LogP contribution in [-0.2, 0) is 5.41 Å². The number of hydrogen-bond donors (Lipinski definition) is 0. The van der Waals surface area contributed by atoms with E-state index in [1.807, 2.05) is 0 Å². The van der Waals surface area contributed by atoms with E-state index in [1.165, 1.54) is 139 Å². The van der Waals surface area contributed by atoms with E-state index in [2.05, 4.69) is 251 Å². The first-order valence-corrected chi connectivity index (χ1v) is 24.3. The maximum Gasteiger partial charge on any atom is 0.0561 e. The molecule has 0 aliphatic carbocycles. The average Bonchev–Trinajstić information content (AvgIpc) is 3.29. The van der Waals surface area contributed by atoms with Gasteiger partial charge in [-0.1, -0.05) is 154 Å². The predicted molar refractivity (Wildman–Crippen MR) is 296 cm³/mol. The zero-order valence-electron chi connectivity index (χ0n) is 42.3. The van der Waals surface area contributed by atoms with Crippen molar-refractivity contribution in [1.82, 2.24) is 0 Å². The lowest BCUT2D eigenvalue weighted by molar-refractivity contribution is 0.591. The molecule has 0 atom stereocenters. The summed E-state index contributed by atoms with van der Waals surface area (Å²) in [6.07, 6.45) is 0. The first-order chi connectivity index (χ1) is 32.5. The van der Waals surface area contributed by atoms with Crippen molar-refractivity contribution in [2.45, 2.75) is 95.4 Å². The molecule has 0 radical (unpaired) electrons. The second kappa shape index (κ2) is 16.9. The lowest BCUT2D eigenvalue weighted by Gasteiger charge is -2.36. The van der Waals surface area contributed by atoms with Crippen LogP contribution >= 0.6 is 0 Å². The van der Waals surface area contributed by atoms with Crippen molar-refractivity contribution in [2.75, 3.05) is 9.80 Å². The van der Waals surface area contributed by atoms with E-state index >= 15 is 0 Å². The standard InChI is InChI=1S/C66H64N2/c1-39-26-28-51(60-41(3)18-14-19-42(60)4)36-56(39)67(64-45(7)22-16-23-46(64)8)58-38-59(55-33-31-50-35-53(66(11,12)13)34-49-30-32-54(58)63(55)62(49)50)68(65-47(9)24-17-25-48(65)10)57-37-52(29-27-40(57)2)61-43(5)20-15-21-44(61)6/h14-38H,1-13H3. The highest BCUT2D eigenvalue weighted by atomic mass is 15.2. The van der Waals surface area contributed by atoms with Crippen LogP contribution in [-0.4, -0.2) is 0 Å². The van der Waals surface area contributed by atoms with Gasteiger partial charge in [0.1, 0.15) is 0 Å². The van der Waals surface area contributed by atoms with E-state index in [4.69, 9.17) is 0 Å². The average molecular weight is 885 g/mol. The van der Waals surface area contributed by atoms with Gasteiger partial charge in [-0.3, -0.25) is 0 Å². The first-order valence-electron chi connectivity index (χ1n) is 24.3. The van der Waals surface area contributed by atoms with E-state index < -0.39 is 0 Å². The summed E-state index contributed by atoms with van der Waals surface area (Å²) < 4.78 is 0. The van der Waals surface area contributed by atoms with Crippen molar-refractivity contribution < 1.29 is 0 Å². The Labute approximate surface area is 404 Å². The summed E-state index contributed by atoms with van der Waals surface area (Å²) in [5, 5.41) is 7.59. The van der Waals surface area contributed by atoms with Gasteiger partial charge in [0, 0.05) is 27.5 Å². The third-order valence-electron chi connectivity index (χ3n) is 14.8. The fourth-order valence-electron chi connectivity index (χ4n) is 11.3. The molecule has 0 heterocycles. The third-order valence-corrected chi connectivity index (χ3v) is 14.8. The van der Waals surface area contributed by atoms with Gasteiger partial charge in [0.2, 0.25) is 0 Å². The fraction of sp³-hybridized carbons (Fsp3) is 0.212. The molecule has 338 valence electrons. The molecule has 0 N–H and O–H groups in total. The van der Waals surface area contributed by atoms with Gasteiger partial charge in [0.15, 0.2) is 0 Å². The van der Waals surface area contributed by atoms with Crippen LogP contribution in [0.5, 0.6) is 0 Å². The van der Waals surface area contributed by atoms with Crippen LogP contribution in [0.25, 0.3) is 54.6 Å². The number of benzene rings is 10. The monoisotopic (exact) mass is 885 g/mol. The lowest BCUT2D eigenvalue weighted by atomic mass is 9.83. The molecular weight excluding hydrogens is 821 g/mol. The van der Waals surface area contributed by atoms with E-state index in [0.717, 1.165) is 11.4 Å². The van der Waals surface area contributed by atoms with Crippen LogP contribution < -0.4 is 9.80 Å². The summed E-state index contributed by atoms with van der Waals surface area (Å²) in [7, 11) is 0. The number of para-hydroxylation sites is 2. The van der Waals surface area contributed by atoms with Crippen LogP contribution in [0.1, 0.15) is 82.0 Å². The molecule has 0 aliphatic rings. The van der Waals surface area contributed by atoms with Gasteiger partial charge in [-0.25, -0.2) is 0 Å². The number of nitrogens with zero attached hydrogens (tertiary/aromatic N) is 2. The minimum absolute atomic E-state index is 0.00485. The molecule has 0 saturated heterocycles. The topological polar surface area (TPSA) is 6.48 Å². The Bertz CT molecular complexity index is 3310. The normalized spacial score (nSPS) is 11.9. The first kappa shape index (κ1) is 44.7. The van der Waals surface area contributed by atoms with Crippen molar-refractivity contribution in [2.24, 2.45) is 0 Å². The molecule has 0 spiro atoms. The number of anilines is 6. The molecule has 2 nitrogen and oxygen atoms in total. The summed E-state index contributed by atoms with van der Waals surface area (Å²) in [4.78, 5) is 5.21. The summed E-state index contributed by atoms with van der Waals surface area (Å²) in [6, 6.07) is 58.0. The second-order valence-electron chi connectivity index (χ2n) is 20.8. The van der Waals surface area contributed by atoms with Gasteiger partial charge < -0.3 is 9.80 Å². The Morgan fingerprint density at radius 3 is 1.01 bits per heavy atom. The Kier molecular flexibility index (Phi) is 11.1. The molecule has 0 aliphatic heterocycles. The van der Waals surface area contributed by atoms with Gasteiger partial charge in [-0.15, -0.1) is 0 Å². The van der Waals surface area contributed by atoms with Crippen LogP contribution in [0.3, 0.4) is 0 Å². The van der Waals surface area contributed by atoms with E-state index in [-0.39, 0.29) is 5.41 Å². The van der Waals surface area contributed by atoms with Crippen molar-refractivity contribution in [1.29, 1.82) is 0 Å². The molecule has 10 aromatic rings. The largest absolute Gasteiger partial charge is 0.309 e. The molecule has 0 unspecified atom stereocenters. The molecule has 0 fully saturated rings. The van der Waals surface area contributed by atoms with E-state index in [0.29, 0.717) is 0 Å². The van der Waals surface area contributed by atoms with Gasteiger partial charge >= 0.3 is 0 Å². The summed E-state index contributed by atoms with van der Waals surface area (Å²) in [6.45, 7) is 29.6. The minimum Gasteiger partial charge on any atom is -0.309 e. The molecule has 10 aromatic carbocycles. The molecule has 0 saturated carbocycles. The number of rotatable bonds is 8. The predicted octanol–water partition coefficient (Wildman–Crippen LogP) is 19.2.